The second kappa shape index (κ2) is 5.29. The summed E-state index contributed by atoms with van der Waals surface area (Å²) in [7, 11) is 0. The van der Waals surface area contributed by atoms with Crippen LogP contribution in [0.5, 0.6) is 0 Å². The summed E-state index contributed by atoms with van der Waals surface area (Å²) in [5.41, 5.74) is -1.28. The van der Waals surface area contributed by atoms with Gasteiger partial charge in [-0.3, -0.25) is 4.79 Å². The van der Waals surface area contributed by atoms with E-state index in [0.717, 1.165) is 0 Å². The summed E-state index contributed by atoms with van der Waals surface area (Å²) in [4.78, 5) is 10.7. The molecular weight excluding hydrogens is 186 g/mol. The number of hydrogen-bond donors (Lipinski definition) is 4. The second-order valence-electron chi connectivity index (χ2n) is 4.10. The van der Waals surface area contributed by atoms with Gasteiger partial charge >= 0.3 is 5.97 Å². The van der Waals surface area contributed by atoms with E-state index in [9.17, 15) is 9.90 Å². The lowest BCUT2D eigenvalue weighted by Crippen LogP contribution is -2.49. The highest BCUT2D eigenvalue weighted by Gasteiger charge is 2.25. The minimum atomic E-state index is -1.28. The number of carboxylic acid groups (broad SMARTS) is 1. The molecule has 2 atom stereocenters. The Bertz CT molecular complexity index is 191. The Hall–Kier alpha value is -0.650. The zero-order chi connectivity index (χ0) is 11.4. The number of aliphatic hydroxyl groups is 2. The molecule has 4 N–H and O–H groups in total. The first-order valence-electron chi connectivity index (χ1n) is 4.59. The van der Waals surface area contributed by atoms with E-state index in [1.165, 1.54) is 6.92 Å². The predicted octanol–water partition coefficient (Wildman–Crippen LogP) is -0.571. The first-order chi connectivity index (χ1) is 6.30. The van der Waals surface area contributed by atoms with Crippen LogP contribution in [-0.4, -0.2) is 46.1 Å². The smallest absolute Gasteiger partial charge is 0.320 e. The van der Waals surface area contributed by atoms with Crippen LogP contribution in [0.15, 0.2) is 0 Å². The highest BCUT2D eigenvalue weighted by molar-refractivity contribution is 5.73. The number of carboxylic acids is 1. The van der Waals surface area contributed by atoms with Gasteiger partial charge in [-0.2, -0.15) is 0 Å². The van der Waals surface area contributed by atoms with Gasteiger partial charge in [0.1, 0.15) is 6.04 Å². The van der Waals surface area contributed by atoms with Gasteiger partial charge in [0.25, 0.3) is 0 Å². The molecule has 84 valence electrons. The van der Waals surface area contributed by atoms with Crippen molar-refractivity contribution in [3.8, 4) is 0 Å². The Morgan fingerprint density at radius 1 is 1.50 bits per heavy atom. The minimum Gasteiger partial charge on any atom is -0.480 e. The van der Waals surface area contributed by atoms with Crippen LogP contribution in [0.4, 0.5) is 0 Å². The largest absolute Gasteiger partial charge is 0.480 e. The van der Waals surface area contributed by atoms with E-state index in [0.29, 0.717) is 0 Å². The molecule has 0 fully saturated rings. The van der Waals surface area contributed by atoms with Crippen LogP contribution in [0, 0.1) is 5.92 Å². The van der Waals surface area contributed by atoms with Crippen LogP contribution < -0.4 is 5.32 Å². The Morgan fingerprint density at radius 2 is 2.00 bits per heavy atom. The molecule has 0 aliphatic carbocycles. The Morgan fingerprint density at radius 3 is 2.29 bits per heavy atom. The van der Waals surface area contributed by atoms with Crippen LogP contribution in [0.25, 0.3) is 0 Å². The molecule has 0 aromatic rings. The summed E-state index contributed by atoms with van der Waals surface area (Å²) in [5, 5.41) is 29.7. The van der Waals surface area contributed by atoms with Gasteiger partial charge in [-0.05, 0) is 12.8 Å². The maximum atomic E-state index is 10.7. The molecule has 14 heavy (non-hydrogen) atoms. The second-order valence-corrected chi connectivity index (χ2v) is 4.10. The molecule has 0 spiro atoms. The van der Waals surface area contributed by atoms with Crippen LogP contribution in [0.1, 0.15) is 20.8 Å². The third-order valence-electron chi connectivity index (χ3n) is 1.98. The monoisotopic (exact) mass is 205 g/mol. The van der Waals surface area contributed by atoms with Gasteiger partial charge in [-0.1, -0.05) is 13.8 Å². The number of aliphatic carboxylic acids is 1. The number of hydrogen-bond acceptors (Lipinski definition) is 4. The minimum absolute atomic E-state index is 0.0542. The summed E-state index contributed by atoms with van der Waals surface area (Å²) < 4.78 is 0. The van der Waals surface area contributed by atoms with Crippen molar-refractivity contribution in [1.82, 2.24) is 5.32 Å². The first kappa shape index (κ1) is 13.4. The summed E-state index contributed by atoms with van der Waals surface area (Å²) >= 11 is 0. The molecule has 0 aromatic heterocycles. The molecule has 0 amide bonds. The third-order valence-corrected chi connectivity index (χ3v) is 1.98. The van der Waals surface area contributed by atoms with Crippen LogP contribution >= 0.6 is 0 Å². The van der Waals surface area contributed by atoms with Crippen LogP contribution in [-0.2, 0) is 4.79 Å². The average Bonchev–Trinajstić information content (AvgIpc) is 2.03. The van der Waals surface area contributed by atoms with Crippen molar-refractivity contribution in [3.05, 3.63) is 0 Å². The van der Waals surface area contributed by atoms with E-state index in [1.54, 1.807) is 13.8 Å². The summed E-state index contributed by atoms with van der Waals surface area (Å²) in [6.45, 7) is 4.65. The van der Waals surface area contributed by atoms with E-state index in [4.69, 9.17) is 10.2 Å². The van der Waals surface area contributed by atoms with E-state index in [2.05, 4.69) is 5.32 Å². The fourth-order valence-electron chi connectivity index (χ4n) is 0.994. The maximum Gasteiger partial charge on any atom is 0.320 e. The topological polar surface area (TPSA) is 89.8 Å². The van der Waals surface area contributed by atoms with Gasteiger partial charge in [0.05, 0.1) is 12.2 Å². The molecule has 0 saturated heterocycles. The Kier molecular flexibility index (Phi) is 5.04. The molecule has 0 rings (SSSR count). The van der Waals surface area contributed by atoms with Gasteiger partial charge in [-0.15, -0.1) is 0 Å². The molecular formula is C9H19NO4. The van der Waals surface area contributed by atoms with Gasteiger partial charge in [-0.25, -0.2) is 0 Å². The highest BCUT2D eigenvalue weighted by atomic mass is 16.4. The molecule has 2 unspecified atom stereocenters. The molecule has 0 bridgehead atoms. The van der Waals surface area contributed by atoms with Crippen LogP contribution in [0.3, 0.4) is 0 Å². The number of carbonyl (C=O) groups is 1. The van der Waals surface area contributed by atoms with E-state index in [-0.39, 0.29) is 12.5 Å². The molecule has 0 aliphatic rings. The summed E-state index contributed by atoms with van der Waals surface area (Å²) in [5.74, 6) is -1.02. The lowest BCUT2D eigenvalue weighted by Gasteiger charge is -2.25. The van der Waals surface area contributed by atoms with Gasteiger partial charge in [0, 0.05) is 6.54 Å². The van der Waals surface area contributed by atoms with Gasteiger partial charge in [0.15, 0.2) is 0 Å². The van der Waals surface area contributed by atoms with Gasteiger partial charge in [0.2, 0.25) is 0 Å². The number of aliphatic hydroxyl groups excluding tert-OH is 1. The standard InChI is InChI=1S/C9H19NO4/c1-6(2)7(8(12)13)10-4-9(3,14)5-11/h6-7,10-11,14H,4-5H2,1-3H3,(H,12,13). The molecule has 0 saturated carbocycles. The van der Waals surface area contributed by atoms with Crippen molar-refractivity contribution >= 4 is 5.97 Å². The molecule has 5 nitrogen and oxygen atoms in total. The SMILES string of the molecule is CC(C)C(NCC(C)(O)CO)C(=O)O. The molecule has 0 radical (unpaired) electrons. The van der Waals surface area contributed by atoms with E-state index in [1.807, 2.05) is 0 Å². The summed E-state index contributed by atoms with van der Waals surface area (Å²) in [6.07, 6.45) is 0. The number of rotatable bonds is 6. The zero-order valence-electron chi connectivity index (χ0n) is 8.82. The van der Waals surface area contributed by atoms with E-state index < -0.39 is 24.2 Å². The summed E-state index contributed by atoms with van der Waals surface area (Å²) in [6, 6.07) is -0.701. The van der Waals surface area contributed by atoms with Gasteiger partial charge < -0.3 is 20.6 Å². The first-order valence-corrected chi connectivity index (χ1v) is 4.59. The van der Waals surface area contributed by atoms with Crippen molar-refractivity contribution < 1.29 is 20.1 Å². The molecule has 0 heterocycles. The lowest BCUT2D eigenvalue weighted by molar-refractivity contribution is -0.141. The lowest BCUT2D eigenvalue weighted by atomic mass is 10.0. The Balaban J connectivity index is 4.14. The van der Waals surface area contributed by atoms with Crippen molar-refractivity contribution in [3.63, 3.8) is 0 Å². The average molecular weight is 205 g/mol. The zero-order valence-corrected chi connectivity index (χ0v) is 8.82. The van der Waals surface area contributed by atoms with Crippen LogP contribution in [0.2, 0.25) is 0 Å². The number of nitrogens with one attached hydrogen (secondary N) is 1. The molecule has 0 aromatic carbocycles. The van der Waals surface area contributed by atoms with Crippen molar-refractivity contribution in [2.24, 2.45) is 5.92 Å². The fraction of sp³-hybridized carbons (Fsp3) is 0.889. The maximum absolute atomic E-state index is 10.7. The quantitative estimate of drug-likeness (QED) is 0.466. The third kappa shape index (κ3) is 4.55. The molecule has 0 aliphatic heterocycles. The van der Waals surface area contributed by atoms with E-state index >= 15 is 0 Å². The fourth-order valence-corrected chi connectivity index (χ4v) is 0.994. The van der Waals surface area contributed by atoms with Crippen molar-refractivity contribution in [2.75, 3.05) is 13.2 Å². The highest BCUT2D eigenvalue weighted by Crippen LogP contribution is 2.05. The van der Waals surface area contributed by atoms with Crippen molar-refractivity contribution in [1.29, 1.82) is 0 Å². The normalized spacial score (nSPS) is 17.9. The Labute approximate surface area is 83.8 Å². The van der Waals surface area contributed by atoms with Crippen molar-refractivity contribution in [2.45, 2.75) is 32.4 Å². The predicted molar refractivity (Wildman–Crippen MR) is 52.0 cm³/mol. The molecule has 5 heteroatoms.